The number of hydrogen-bond donors (Lipinski definition) is 1. The number of anilines is 1. The first kappa shape index (κ1) is 13.9. The van der Waals surface area contributed by atoms with Crippen molar-refractivity contribution in [2.45, 2.75) is 25.6 Å². The van der Waals surface area contributed by atoms with Crippen LogP contribution in [0.4, 0.5) is 19.0 Å². The second-order valence-corrected chi connectivity index (χ2v) is 5.03. The van der Waals surface area contributed by atoms with Crippen LogP contribution in [0, 0.1) is 0 Å². The summed E-state index contributed by atoms with van der Waals surface area (Å²) in [4.78, 5) is 4.96. The van der Waals surface area contributed by atoms with Gasteiger partial charge in [0.2, 0.25) is 0 Å². The number of nitrogens with one attached hydrogen (secondary N) is 1. The van der Waals surface area contributed by atoms with Crippen LogP contribution < -0.4 is 5.32 Å². The predicted octanol–water partition coefficient (Wildman–Crippen LogP) is 4.73. The molecule has 0 aromatic carbocycles. The molecule has 0 bridgehead atoms. The Morgan fingerprint density at radius 3 is 2.58 bits per heavy atom. The summed E-state index contributed by atoms with van der Waals surface area (Å²) in [6.45, 7) is 2.02. The number of thiophene rings is 1. The van der Waals surface area contributed by atoms with Gasteiger partial charge in [0.1, 0.15) is 5.82 Å². The molecule has 0 fully saturated rings. The first-order valence-corrected chi connectivity index (χ1v) is 6.72. The van der Waals surface area contributed by atoms with Crippen LogP contribution >= 0.6 is 11.3 Å². The third-order valence-corrected chi connectivity index (χ3v) is 3.69. The second kappa shape index (κ2) is 5.61. The third kappa shape index (κ3) is 3.47. The number of pyridine rings is 1. The van der Waals surface area contributed by atoms with E-state index in [1.165, 1.54) is 6.07 Å². The molecule has 2 aromatic heterocycles. The molecule has 102 valence electrons. The zero-order chi connectivity index (χ0) is 13.9. The topological polar surface area (TPSA) is 24.9 Å². The minimum atomic E-state index is -4.34. The van der Waals surface area contributed by atoms with Crippen LogP contribution in [0.25, 0.3) is 0 Å². The van der Waals surface area contributed by atoms with E-state index >= 15 is 0 Å². The molecule has 1 N–H and O–H groups in total. The molecule has 2 rings (SSSR count). The zero-order valence-electron chi connectivity index (χ0n) is 10.2. The number of halogens is 3. The zero-order valence-corrected chi connectivity index (χ0v) is 11.1. The molecule has 0 aliphatic rings. The van der Waals surface area contributed by atoms with E-state index in [9.17, 15) is 13.2 Å². The van der Waals surface area contributed by atoms with Crippen LogP contribution in [0.1, 0.15) is 29.8 Å². The molecule has 0 aliphatic carbocycles. The Balaban J connectivity index is 2.11. The first-order chi connectivity index (χ1) is 9.00. The smallest absolute Gasteiger partial charge is 0.362 e. The molecule has 0 spiro atoms. The fourth-order valence-electron chi connectivity index (χ4n) is 1.69. The summed E-state index contributed by atoms with van der Waals surface area (Å²) >= 11 is 1.61. The molecule has 0 saturated heterocycles. The Bertz CT molecular complexity index is 506. The minimum Gasteiger partial charge on any atom is -0.362 e. The van der Waals surface area contributed by atoms with Gasteiger partial charge in [0.05, 0.1) is 11.6 Å². The SMILES string of the molecule is CCC(Nc1ccc(C(F)(F)F)cn1)c1cccs1. The molecule has 2 aromatic rings. The van der Waals surface area contributed by atoms with Crippen LogP contribution in [-0.2, 0) is 6.18 Å². The monoisotopic (exact) mass is 286 g/mol. The van der Waals surface area contributed by atoms with Crippen molar-refractivity contribution in [3.8, 4) is 0 Å². The van der Waals surface area contributed by atoms with E-state index in [2.05, 4.69) is 10.3 Å². The van der Waals surface area contributed by atoms with E-state index in [-0.39, 0.29) is 6.04 Å². The molecule has 1 atom stereocenters. The van der Waals surface area contributed by atoms with Crippen molar-refractivity contribution < 1.29 is 13.2 Å². The van der Waals surface area contributed by atoms with E-state index in [1.54, 1.807) is 11.3 Å². The van der Waals surface area contributed by atoms with Crippen molar-refractivity contribution in [2.75, 3.05) is 5.32 Å². The number of rotatable bonds is 4. The van der Waals surface area contributed by atoms with E-state index < -0.39 is 11.7 Å². The van der Waals surface area contributed by atoms with Crippen LogP contribution in [0.3, 0.4) is 0 Å². The van der Waals surface area contributed by atoms with Gasteiger partial charge < -0.3 is 5.32 Å². The summed E-state index contributed by atoms with van der Waals surface area (Å²) in [5.74, 6) is 0.452. The molecular formula is C13H13F3N2S. The van der Waals surface area contributed by atoms with Gasteiger partial charge in [0.25, 0.3) is 0 Å². The van der Waals surface area contributed by atoms with Crippen LogP contribution in [0.5, 0.6) is 0 Å². The first-order valence-electron chi connectivity index (χ1n) is 5.84. The van der Waals surface area contributed by atoms with Crippen molar-refractivity contribution in [3.05, 3.63) is 46.3 Å². The quantitative estimate of drug-likeness (QED) is 0.879. The van der Waals surface area contributed by atoms with E-state index in [4.69, 9.17) is 0 Å². The van der Waals surface area contributed by atoms with E-state index in [0.717, 1.165) is 23.6 Å². The Labute approximate surface area is 113 Å². The van der Waals surface area contributed by atoms with Gasteiger partial charge in [0, 0.05) is 11.1 Å². The van der Waals surface area contributed by atoms with Crippen LogP contribution in [-0.4, -0.2) is 4.98 Å². The summed E-state index contributed by atoms with van der Waals surface area (Å²) in [7, 11) is 0. The summed E-state index contributed by atoms with van der Waals surface area (Å²) in [6.07, 6.45) is -2.66. The molecule has 0 radical (unpaired) electrons. The third-order valence-electron chi connectivity index (χ3n) is 2.71. The van der Waals surface area contributed by atoms with E-state index in [0.29, 0.717) is 5.82 Å². The summed E-state index contributed by atoms with van der Waals surface area (Å²) < 4.78 is 37.2. The molecule has 0 aliphatic heterocycles. The maximum Gasteiger partial charge on any atom is 0.417 e. The second-order valence-electron chi connectivity index (χ2n) is 4.05. The summed E-state index contributed by atoms with van der Waals surface area (Å²) in [5, 5.41) is 5.11. The van der Waals surface area contributed by atoms with Crippen LogP contribution in [0.2, 0.25) is 0 Å². The number of alkyl halides is 3. The van der Waals surface area contributed by atoms with Crippen molar-refractivity contribution >= 4 is 17.2 Å². The van der Waals surface area contributed by atoms with Crippen molar-refractivity contribution in [1.29, 1.82) is 0 Å². The van der Waals surface area contributed by atoms with Crippen molar-refractivity contribution in [3.63, 3.8) is 0 Å². The maximum absolute atomic E-state index is 12.4. The molecule has 6 heteroatoms. The Kier molecular flexibility index (Phi) is 4.09. The normalized spacial score (nSPS) is 13.3. The largest absolute Gasteiger partial charge is 0.417 e. The van der Waals surface area contributed by atoms with Gasteiger partial charge in [-0.25, -0.2) is 4.98 Å². The number of nitrogens with zero attached hydrogens (tertiary/aromatic N) is 1. The highest BCUT2D eigenvalue weighted by Gasteiger charge is 2.30. The lowest BCUT2D eigenvalue weighted by molar-refractivity contribution is -0.137. The minimum absolute atomic E-state index is 0.0734. The lowest BCUT2D eigenvalue weighted by atomic mass is 10.2. The molecule has 1 unspecified atom stereocenters. The number of aromatic nitrogens is 1. The maximum atomic E-state index is 12.4. The molecule has 0 amide bonds. The van der Waals surface area contributed by atoms with Gasteiger partial charge in [-0.3, -0.25) is 0 Å². The van der Waals surface area contributed by atoms with Gasteiger partial charge >= 0.3 is 6.18 Å². The Morgan fingerprint density at radius 2 is 2.11 bits per heavy atom. The fraction of sp³-hybridized carbons (Fsp3) is 0.308. The van der Waals surface area contributed by atoms with Gasteiger partial charge in [-0.2, -0.15) is 13.2 Å². The Hall–Kier alpha value is -1.56. The lowest BCUT2D eigenvalue weighted by Crippen LogP contribution is -2.10. The highest BCUT2D eigenvalue weighted by atomic mass is 32.1. The molecule has 0 saturated carbocycles. The molecule has 19 heavy (non-hydrogen) atoms. The average Bonchev–Trinajstić information content (AvgIpc) is 2.89. The standard InChI is InChI=1S/C13H13F3N2S/c1-2-10(11-4-3-7-19-11)18-12-6-5-9(8-17-12)13(14,15)16/h3-8,10H,2H2,1H3,(H,17,18). The molecular weight excluding hydrogens is 273 g/mol. The lowest BCUT2D eigenvalue weighted by Gasteiger charge is -2.16. The highest BCUT2D eigenvalue weighted by molar-refractivity contribution is 7.10. The van der Waals surface area contributed by atoms with Gasteiger partial charge in [-0.15, -0.1) is 11.3 Å². The van der Waals surface area contributed by atoms with E-state index in [1.807, 2.05) is 24.4 Å². The van der Waals surface area contributed by atoms with Gasteiger partial charge in [0.15, 0.2) is 0 Å². The Morgan fingerprint density at radius 1 is 1.32 bits per heavy atom. The number of hydrogen-bond acceptors (Lipinski definition) is 3. The van der Waals surface area contributed by atoms with Crippen molar-refractivity contribution in [1.82, 2.24) is 4.98 Å². The summed E-state index contributed by atoms with van der Waals surface area (Å²) in [5.41, 5.74) is -0.734. The average molecular weight is 286 g/mol. The fourth-order valence-corrected chi connectivity index (χ4v) is 2.55. The van der Waals surface area contributed by atoms with Crippen molar-refractivity contribution in [2.24, 2.45) is 0 Å². The van der Waals surface area contributed by atoms with Gasteiger partial charge in [-0.1, -0.05) is 13.0 Å². The molecule has 2 nitrogen and oxygen atoms in total. The highest BCUT2D eigenvalue weighted by Crippen LogP contribution is 2.30. The van der Waals surface area contributed by atoms with Crippen LogP contribution in [0.15, 0.2) is 35.8 Å². The van der Waals surface area contributed by atoms with Gasteiger partial charge in [-0.05, 0) is 30.0 Å². The molecule has 2 heterocycles. The predicted molar refractivity (Wildman–Crippen MR) is 70.2 cm³/mol. The summed E-state index contributed by atoms with van der Waals surface area (Å²) in [6, 6.07) is 6.42.